The van der Waals surface area contributed by atoms with Crippen molar-refractivity contribution in [2.75, 3.05) is 36.5 Å². The predicted octanol–water partition coefficient (Wildman–Crippen LogP) is 2.71. The van der Waals surface area contributed by atoms with E-state index < -0.39 is 24.1 Å². The van der Waals surface area contributed by atoms with Crippen molar-refractivity contribution in [3.8, 4) is 0 Å². The number of hydrogen-bond acceptors (Lipinski definition) is 6. The highest BCUT2D eigenvalue weighted by Crippen LogP contribution is 2.25. The van der Waals surface area contributed by atoms with Gasteiger partial charge in [0.25, 0.3) is 5.91 Å². The Morgan fingerprint density at radius 2 is 1.80 bits per heavy atom. The number of nitrogens with one attached hydrogen (secondary N) is 2. The average molecular weight is 415 g/mol. The fraction of sp³-hybridized carbons (Fsp3) is 0.455. The second-order valence-corrected chi connectivity index (χ2v) is 7.52. The van der Waals surface area contributed by atoms with Gasteiger partial charge in [-0.15, -0.1) is 0 Å². The summed E-state index contributed by atoms with van der Waals surface area (Å²) in [5, 5.41) is 12.6. The van der Waals surface area contributed by atoms with Gasteiger partial charge < -0.3 is 29.8 Å². The summed E-state index contributed by atoms with van der Waals surface area (Å²) in [5.41, 5.74) is 3.94. The van der Waals surface area contributed by atoms with Crippen molar-refractivity contribution in [1.82, 2.24) is 4.98 Å². The molecule has 2 heterocycles. The Balaban J connectivity index is 1.59. The number of H-pyrrole nitrogens is 1. The first-order valence-electron chi connectivity index (χ1n) is 10.1. The molecule has 8 heteroatoms. The van der Waals surface area contributed by atoms with Crippen LogP contribution in [-0.2, 0) is 14.3 Å². The highest BCUT2D eigenvalue weighted by atomic mass is 16.5. The summed E-state index contributed by atoms with van der Waals surface area (Å²) in [6.45, 7) is 9.78. The quantitative estimate of drug-likeness (QED) is 0.627. The molecule has 1 fully saturated rings. The summed E-state index contributed by atoms with van der Waals surface area (Å²) in [6, 6.07) is 7.54. The van der Waals surface area contributed by atoms with Crippen molar-refractivity contribution in [3.05, 3.63) is 46.8 Å². The number of aryl methyl sites for hydroxylation is 1. The van der Waals surface area contributed by atoms with Crippen molar-refractivity contribution in [2.45, 2.75) is 39.9 Å². The van der Waals surface area contributed by atoms with Crippen LogP contribution in [0.3, 0.4) is 0 Å². The third-order valence-electron chi connectivity index (χ3n) is 5.28. The molecule has 8 nitrogen and oxygen atoms in total. The molecule has 3 N–H and O–H groups in total. The van der Waals surface area contributed by atoms with Gasteiger partial charge in [0.05, 0.1) is 19.3 Å². The fourth-order valence-corrected chi connectivity index (χ4v) is 3.69. The first kappa shape index (κ1) is 21.9. The molecule has 1 aliphatic heterocycles. The molecule has 2 atom stereocenters. The van der Waals surface area contributed by atoms with E-state index in [0.717, 1.165) is 18.8 Å². The molecule has 3 rings (SSSR count). The Hall–Kier alpha value is -2.84. The zero-order valence-corrected chi connectivity index (χ0v) is 17.8. The molecular formula is C22H29N3O5. The van der Waals surface area contributed by atoms with Crippen molar-refractivity contribution in [3.63, 3.8) is 0 Å². The Morgan fingerprint density at radius 1 is 1.17 bits per heavy atom. The van der Waals surface area contributed by atoms with E-state index in [9.17, 15) is 14.7 Å². The van der Waals surface area contributed by atoms with E-state index in [1.807, 2.05) is 24.3 Å². The van der Waals surface area contributed by atoms with Crippen LogP contribution in [0.25, 0.3) is 0 Å². The molecule has 1 aromatic heterocycles. The Kier molecular flexibility index (Phi) is 6.79. The number of nitrogens with zero attached hydrogens (tertiary/aromatic N) is 1. The smallest absolute Gasteiger partial charge is 0.355 e. The number of aliphatic hydroxyl groups is 1. The third kappa shape index (κ3) is 4.83. The lowest BCUT2D eigenvalue weighted by atomic mass is 10.1. The number of benzene rings is 1. The maximum absolute atomic E-state index is 12.5. The summed E-state index contributed by atoms with van der Waals surface area (Å²) in [4.78, 5) is 30.1. The lowest BCUT2D eigenvalue weighted by molar-refractivity contribution is -0.123. The Bertz CT molecular complexity index is 898. The SMILES string of the molecule is Cc1[nH]c(C(=O)O[C@@H](C)C(=O)Nc2ccc(N3CCOCC3)cc2)c(C)c1[C@H](C)O. The van der Waals surface area contributed by atoms with Gasteiger partial charge in [0, 0.05) is 35.7 Å². The molecule has 2 aromatic rings. The third-order valence-corrected chi connectivity index (χ3v) is 5.28. The molecule has 1 aromatic carbocycles. The summed E-state index contributed by atoms with van der Waals surface area (Å²) in [7, 11) is 0. The molecule has 0 spiro atoms. The molecule has 0 aliphatic carbocycles. The predicted molar refractivity (Wildman–Crippen MR) is 114 cm³/mol. The monoisotopic (exact) mass is 415 g/mol. The van der Waals surface area contributed by atoms with Gasteiger partial charge in [-0.05, 0) is 57.5 Å². The van der Waals surface area contributed by atoms with Gasteiger partial charge in [0.1, 0.15) is 5.69 Å². The van der Waals surface area contributed by atoms with E-state index in [2.05, 4.69) is 15.2 Å². The molecule has 0 unspecified atom stereocenters. The normalized spacial score (nSPS) is 16.1. The number of aromatic amines is 1. The average Bonchev–Trinajstić information content (AvgIpc) is 3.03. The number of morpholine rings is 1. The van der Waals surface area contributed by atoms with Crippen molar-refractivity contribution < 1.29 is 24.2 Å². The van der Waals surface area contributed by atoms with Crippen LogP contribution in [0.4, 0.5) is 11.4 Å². The number of carbonyl (C=O) groups is 2. The topological polar surface area (TPSA) is 104 Å². The number of ether oxygens (including phenoxy) is 2. The van der Waals surface area contributed by atoms with Crippen LogP contribution >= 0.6 is 0 Å². The van der Waals surface area contributed by atoms with Gasteiger partial charge in [-0.1, -0.05) is 0 Å². The van der Waals surface area contributed by atoms with E-state index in [1.165, 1.54) is 6.92 Å². The number of amides is 1. The summed E-state index contributed by atoms with van der Waals surface area (Å²) >= 11 is 0. The van der Waals surface area contributed by atoms with Crippen molar-refractivity contribution in [2.24, 2.45) is 0 Å². The maximum atomic E-state index is 12.5. The lowest BCUT2D eigenvalue weighted by Crippen LogP contribution is -2.36. The van der Waals surface area contributed by atoms with Crippen LogP contribution in [0.2, 0.25) is 0 Å². The van der Waals surface area contributed by atoms with Gasteiger partial charge in [0.2, 0.25) is 0 Å². The van der Waals surface area contributed by atoms with Gasteiger partial charge in [-0.25, -0.2) is 4.79 Å². The van der Waals surface area contributed by atoms with E-state index in [4.69, 9.17) is 9.47 Å². The minimum atomic E-state index is -0.977. The second kappa shape index (κ2) is 9.32. The molecule has 0 bridgehead atoms. The molecule has 30 heavy (non-hydrogen) atoms. The summed E-state index contributed by atoms with van der Waals surface area (Å²) in [6.07, 6.45) is -1.68. The first-order valence-corrected chi connectivity index (χ1v) is 10.1. The second-order valence-electron chi connectivity index (χ2n) is 7.52. The van der Waals surface area contributed by atoms with E-state index >= 15 is 0 Å². The zero-order chi connectivity index (χ0) is 21.8. The largest absolute Gasteiger partial charge is 0.448 e. The van der Waals surface area contributed by atoms with Crippen LogP contribution in [0.15, 0.2) is 24.3 Å². The lowest BCUT2D eigenvalue weighted by Gasteiger charge is -2.28. The van der Waals surface area contributed by atoms with Gasteiger partial charge in [-0.3, -0.25) is 4.79 Å². The molecule has 1 aliphatic rings. The van der Waals surface area contributed by atoms with Crippen LogP contribution in [0, 0.1) is 13.8 Å². The van der Waals surface area contributed by atoms with E-state index in [0.29, 0.717) is 35.7 Å². The Labute approximate surface area is 176 Å². The maximum Gasteiger partial charge on any atom is 0.355 e. The number of rotatable bonds is 6. The van der Waals surface area contributed by atoms with Crippen LogP contribution in [-0.4, -0.2) is 54.4 Å². The number of aromatic nitrogens is 1. The van der Waals surface area contributed by atoms with Crippen molar-refractivity contribution in [1.29, 1.82) is 0 Å². The molecule has 1 saturated heterocycles. The molecule has 0 saturated carbocycles. The van der Waals surface area contributed by atoms with Crippen molar-refractivity contribution >= 4 is 23.3 Å². The molecule has 162 valence electrons. The Morgan fingerprint density at radius 3 is 2.37 bits per heavy atom. The van der Waals surface area contributed by atoms with Gasteiger partial charge in [-0.2, -0.15) is 0 Å². The number of anilines is 2. The molecule has 1 amide bonds. The molecule has 0 radical (unpaired) electrons. The number of carbonyl (C=O) groups excluding carboxylic acids is 2. The summed E-state index contributed by atoms with van der Waals surface area (Å²) in [5.74, 6) is -1.05. The number of hydrogen-bond donors (Lipinski definition) is 3. The van der Waals surface area contributed by atoms with E-state index in [-0.39, 0.29) is 5.69 Å². The minimum absolute atomic E-state index is 0.248. The zero-order valence-electron chi connectivity index (χ0n) is 17.8. The van der Waals surface area contributed by atoms with Gasteiger partial charge in [0.15, 0.2) is 6.10 Å². The fourth-order valence-electron chi connectivity index (χ4n) is 3.69. The molecular weight excluding hydrogens is 386 g/mol. The van der Waals surface area contributed by atoms with Crippen LogP contribution in [0.5, 0.6) is 0 Å². The highest BCUT2D eigenvalue weighted by Gasteiger charge is 2.25. The van der Waals surface area contributed by atoms with Crippen LogP contribution in [0.1, 0.15) is 47.3 Å². The summed E-state index contributed by atoms with van der Waals surface area (Å²) < 4.78 is 10.7. The van der Waals surface area contributed by atoms with E-state index in [1.54, 1.807) is 20.8 Å². The first-order chi connectivity index (χ1) is 14.3. The number of esters is 1. The van der Waals surface area contributed by atoms with Crippen LogP contribution < -0.4 is 10.2 Å². The number of aliphatic hydroxyl groups excluding tert-OH is 1. The highest BCUT2D eigenvalue weighted by molar-refractivity contribution is 5.97. The minimum Gasteiger partial charge on any atom is -0.448 e. The van der Waals surface area contributed by atoms with Gasteiger partial charge >= 0.3 is 5.97 Å². The standard InChI is InChI=1S/C22H29N3O5/c1-13-19(15(3)26)14(2)23-20(13)22(28)30-16(4)21(27)24-17-5-7-18(8-6-17)25-9-11-29-12-10-25/h5-8,15-16,23,26H,9-12H2,1-4H3,(H,24,27)/t15-,16-/m0/s1.